The molecule has 0 aliphatic heterocycles. The lowest BCUT2D eigenvalue weighted by Crippen LogP contribution is -1.80. The Labute approximate surface area is 110 Å². The van der Waals surface area contributed by atoms with Gasteiger partial charge in [0.05, 0.1) is 5.69 Å². The minimum Gasteiger partial charge on any atom is -0.456 e. The highest BCUT2D eigenvalue weighted by atomic mass is 16.3. The van der Waals surface area contributed by atoms with Gasteiger partial charge in [0.15, 0.2) is 0 Å². The van der Waals surface area contributed by atoms with E-state index in [4.69, 9.17) is 4.42 Å². The lowest BCUT2D eigenvalue weighted by molar-refractivity contribution is 0.669. The average molecular weight is 245 g/mol. The number of furan rings is 1. The molecule has 2 heteroatoms. The molecule has 0 spiro atoms. The summed E-state index contributed by atoms with van der Waals surface area (Å²) in [5.74, 6) is 0. The van der Waals surface area contributed by atoms with Crippen LogP contribution < -0.4 is 0 Å². The molecule has 2 nitrogen and oxygen atoms in total. The molecule has 0 radical (unpaired) electrons. The molecule has 2 heterocycles. The van der Waals surface area contributed by atoms with Gasteiger partial charge in [0, 0.05) is 22.5 Å². The molecular formula is C17H11NO. The van der Waals surface area contributed by atoms with E-state index in [2.05, 4.69) is 29.2 Å². The molecule has 0 N–H and O–H groups in total. The molecule has 2 aromatic carbocycles. The van der Waals surface area contributed by atoms with Gasteiger partial charge in [-0.3, -0.25) is 4.98 Å². The predicted octanol–water partition coefficient (Wildman–Crippen LogP) is 4.65. The number of pyridine rings is 1. The third kappa shape index (κ3) is 1.61. The van der Waals surface area contributed by atoms with Crippen LogP contribution in [-0.4, -0.2) is 4.98 Å². The van der Waals surface area contributed by atoms with E-state index in [1.807, 2.05) is 36.4 Å². The third-order valence-corrected chi connectivity index (χ3v) is 3.34. The quantitative estimate of drug-likeness (QED) is 0.488. The van der Waals surface area contributed by atoms with E-state index in [1.165, 1.54) is 0 Å². The average Bonchev–Trinajstić information content (AvgIpc) is 2.86. The molecule has 0 aliphatic rings. The SMILES string of the molecule is c1ccc(-c2ccc3c(c2)oc2ccccc23)nc1. The topological polar surface area (TPSA) is 26.0 Å². The highest BCUT2D eigenvalue weighted by molar-refractivity contribution is 6.05. The zero-order chi connectivity index (χ0) is 12.7. The van der Waals surface area contributed by atoms with Crippen molar-refractivity contribution in [3.8, 4) is 11.3 Å². The number of aromatic nitrogens is 1. The smallest absolute Gasteiger partial charge is 0.136 e. The summed E-state index contributed by atoms with van der Waals surface area (Å²) in [6.07, 6.45) is 1.80. The number of para-hydroxylation sites is 1. The second-order valence-electron chi connectivity index (χ2n) is 4.52. The summed E-state index contributed by atoms with van der Waals surface area (Å²) in [4.78, 5) is 4.37. The van der Waals surface area contributed by atoms with Crippen LogP contribution in [-0.2, 0) is 0 Å². The van der Waals surface area contributed by atoms with E-state index in [-0.39, 0.29) is 0 Å². The van der Waals surface area contributed by atoms with Gasteiger partial charge in [-0.15, -0.1) is 0 Å². The Balaban J connectivity index is 1.99. The standard InChI is InChI=1S/C17H11NO/c1-2-7-16-13(5-1)14-9-8-12(11-17(14)19-16)15-6-3-4-10-18-15/h1-11H. The van der Waals surface area contributed by atoms with Crippen LogP contribution in [0.1, 0.15) is 0 Å². The second-order valence-corrected chi connectivity index (χ2v) is 4.52. The van der Waals surface area contributed by atoms with E-state index < -0.39 is 0 Å². The highest BCUT2D eigenvalue weighted by Crippen LogP contribution is 2.31. The number of hydrogen-bond donors (Lipinski definition) is 0. The number of nitrogens with zero attached hydrogens (tertiary/aromatic N) is 1. The normalized spacial score (nSPS) is 11.2. The first-order valence-electron chi connectivity index (χ1n) is 6.24. The van der Waals surface area contributed by atoms with Crippen molar-refractivity contribution >= 4 is 21.9 Å². The van der Waals surface area contributed by atoms with Crippen molar-refractivity contribution in [3.05, 3.63) is 66.9 Å². The van der Waals surface area contributed by atoms with Crippen molar-refractivity contribution in [1.29, 1.82) is 0 Å². The fourth-order valence-corrected chi connectivity index (χ4v) is 2.42. The van der Waals surface area contributed by atoms with Gasteiger partial charge in [0.25, 0.3) is 0 Å². The van der Waals surface area contributed by atoms with E-state index in [0.29, 0.717) is 0 Å². The number of rotatable bonds is 1. The first-order valence-corrected chi connectivity index (χ1v) is 6.24. The molecule has 0 bridgehead atoms. The summed E-state index contributed by atoms with van der Waals surface area (Å²) in [6, 6.07) is 20.3. The van der Waals surface area contributed by atoms with Gasteiger partial charge in [0.2, 0.25) is 0 Å². The molecule has 90 valence electrons. The van der Waals surface area contributed by atoms with E-state index in [9.17, 15) is 0 Å². The van der Waals surface area contributed by atoms with Crippen molar-refractivity contribution in [2.24, 2.45) is 0 Å². The van der Waals surface area contributed by atoms with Gasteiger partial charge in [-0.2, -0.15) is 0 Å². The summed E-state index contributed by atoms with van der Waals surface area (Å²) in [6.45, 7) is 0. The van der Waals surface area contributed by atoms with Crippen LogP contribution in [0, 0.1) is 0 Å². The van der Waals surface area contributed by atoms with Crippen LogP contribution in [0.15, 0.2) is 71.3 Å². The molecule has 0 aliphatic carbocycles. The van der Waals surface area contributed by atoms with Gasteiger partial charge < -0.3 is 4.42 Å². The van der Waals surface area contributed by atoms with Crippen molar-refractivity contribution in [3.63, 3.8) is 0 Å². The van der Waals surface area contributed by atoms with Crippen LogP contribution >= 0.6 is 0 Å². The maximum Gasteiger partial charge on any atom is 0.136 e. The Morgan fingerprint density at radius 2 is 1.58 bits per heavy atom. The number of hydrogen-bond acceptors (Lipinski definition) is 2. The van der Waals surface area contributed by atoms with Crippen LogP contribution in [0.5, 0.6) is 0 Å². The van der Waals surface area contributed by atoms with Gasteiger partial charge >= 0.3 is 0 Å². The number of benzene rings is 2. The molecule has 0 unspecified atom stereocenters. The summed E-state index contributed by atoms with van der Waals surface area (Å²) >= 11 is 0. The van der Waals surface area contributed by atoms with Crippen molar-refractivity contribution in [1.82, 2.24) is 4.98 Å². The van der Waals surface area contributed by atoms with Crippen molar-refractivity contribution in [2.75, 3.05) is 0 Å². The summed E-state index contributed by atoms with van der Waals surface area (Å²) in [5.41, 5.74) is 3.87. The number of fused-ring (bicyclic) bond motifs is 3. The fourth-order valence-electron chi connectivity index (χ4n) is 2.42. The Kier molecular flexibility index (Phi) is 2.15. The van der Waals surface area contributed by atoms with Gasteiger partial charge in [-0.1, -0.05) is 30.3 Å². The molecule has 0 amide bonds. The summed E-state index contributed by atoms with van der Waals surface area (Å²) < 4.78 is 5.89. The van der Waals surface area contributed by atoms with Crippen LogP contribution in [0.2, 0.25) is 0 Å². The highest BCUT2D eigenvalue weighted by Gasteiger charge is 2.07. The molecule has 4 aromatic rings. The Morgan fingerprint density at radius 1 is 0.737 bits per heavy atom. The van der Waals surface area contributed by atoms with Crippen LogP contribution in [0.3, 0.4) is 0 Å². The lowest BCUT2D eigenvalue weighted by Gasteiger charge is -1.99. The van der Waals surface area contributed by atoms with Gasteiger partial charge in [0.1, 0.15) is 11.2 Å². The Bertz CT molecular complexity index is 862. The Hall–Kier alpha value is -2.61. The molecule has 2 aromatic heterocycles. The Morgan fingerprint density at radius 3 is 2.47 bits per heavy atom. The molecule has 4 rings (SSSR count). The molecule has 0 fully saturated rings. The van der Waals surface area contributed by atoms with E-state index >= 15 is 0 Å². The van der Waals surface area contributed by atoms with Gasteiger partial charge in [-0.05, 0) is 30.3 Å². The van der Waals surface area contributed by atoms with Crippen molar-refractivity contribution < 1.29 is 4.42 Å². The fraction of sp³-hybridized carbons (Fsp3) is 0. The van der Waals surface area contributed by atoms with Crippen LogP contribution in [0.25, 0.3) is 33.2 Å². The van der Waals surface area contributed by atoms with E-state index in [1.54, 1.807) is 6.20 Å². The zero-order valence-corrected chi connectivity index (χ0v) is 10.2. The molecule has 19 heavy (non-hydrogen) atoms. The van der Waals surface area contributed by atoms with Gasteiger partial charge in [-0.25, -0.2) is 0 Å². The van der Waals surface area contributed by atoms with E-state index in [0.717, 1.165) is 33.2 Å². The molecule has 0 atom stereocenters. The first-order chi connectivity index (χ1) is 9.42. The predicted molar refractivity (Wildman–Crippen MR) is 77.0 cm³/mol. The minimum absolute atomic E-state index is 0.907. The summed E-state index contributed by atoms with van der Waals surface area (Å²) in [7, 11) is 0. The van der Waals surface area contributed by atoms with Crippen molar-refractivity contribution in [2.45, 2.75) is 0 Å². The zero-order valence-electron chi connectivity index (χ0n) is 10.2. The maximum absolute atomic E-state index is 5.89. The first kappa shape index (κ1) is 10.3. The molecule has 0 saturated heterocycles. The largest absolute Gasteiger partial charge is 0.456 e. The third-order valence-electron chi connectivity index (χ3n) is 3.34. The summed E-state index contributed by atoms with van der Waals surface area (Å²) in [5, 5.41) is 2.31. The molecule has 0 saturated carbocycles. The molecular weight excluding hydrogens is 234 g/mol. The monoisotopic (exact) mass is 245 g/mol. The maximum atomic E-state index is 5.89. The lowest BCUT2D eigenvalue weighted by atomic mass is 10.1. The minimum atomic E-state index is 0.907. The second kappa shape index (κ2) is 3.95. The van der Waals surface area contributed by atoms with Crippen LogP contribution in [0.4, 0.5) is 0 Å².